The summed E-state index contributed by atoms with van der Waals surface area (Å²) < 4.78 is 5.61. The number of hydrogen-bond acceptors (Lipinski definition) is 3. The molecule has 0 unspecified atom stereocenters. The fourth-order valence-electron chi connectivity index (χ4n) is 2.85. The van der Waals surface area contributed by atoms with Crippen LogP contribution in [0.15, 0.2) is 0 Å². The molecule has 3 nitrogen and oxygen atoms in total. The highest BCUT2D eigenvalue weighted by molar-refractivity contribution is 4.83. The average Bonchev–Trinajstić information content (AvgIpc) is 2.32. The van der Waals surface area contributed by atoms with Crippen LogP contribution in [-0.4, -0.2) is 51.3 Å². The third-order valence-corrected chi connectivity index (χ3v) is 4.31. The van der Waals surface area contributed by atoms with Crippen molar-refractivity contribution in [3.8, 4) is 0 Å². The topological polar surface area (TPSA) is 24.5 Å². The Morgan fingerprint density at radius 2 is 1.68 bits per heavy atom. The van der Waals surface area contributed by atoms with Crippen molar-refractivity contribution in [2.45, 2.75) is 52.5 Å². The Kier molecular flexibility index (Phi) is 7.33. The molecule has 0 bridgehead atoms. The molecule has 3 heteroatoms. The summed E-state index contributed by atoms with van der Waals surface area (Å²) in [6, 6.07) is 0.719. The fourth-order valence-corrected chi connectivity index (χ4v) is 2.85. The Balaban J connectivity index is 2.01. The zero-order valence-electron chi connectivity index (χ0n) is 13.7. The molecule has 0 aromatic carbocycles. The molecular weight excluding hydrogens is 236 g/mol. The molecule has 1 aliphatic rings. The van der Waals surface area contributed by atoms with Gasteiger partial charge in [-0.2, -0.15) is 0 Å². The molecule has 0 aromatic heterocycles. The zero-order valence-corrected chi connectivity index (χ0v) is 13.7. The van der Waals surface area contributed by atoms with Crippen molar-refractivity contribution in [2.75, 3.05) is 40.4 Å². The fraction of sp³-hybridized carbons (Fsp3) is 1.00. The van der Waals surface area contributed by atoms with Gasteiger partial charge in [-0.15, -0.1) is 0 Å². The predicted octanol–water partition coefficient (Wildman–Crippen LogP) is 2.76. The van der Waals surface area contributed by atoms with Gasteiger partial charge in [0.15, 0.2) is 0 Å². The first-order valence-electron chi connectivity index (χ1n) is 7.85. The normalized spacial score (nSPS) is 24.9. The van der Waals surface area contributed by atoms with E-state index in [-0.39, 0.29) is 0 Å². The molecule has 1 aliphatic carbocycles. The van der Waals surface area contributed by atoms with Crippen molar-refractivity contribution in [3.05, 3.63) is 0 Å². The highest BCUT2D eigenvalue weighted by atomic mass is 16.5. The lowest BCUT2D eigenvalue weighted by molar-refractivity contribution is 0.111. The van der Waals surface area contributed by atoms with Crippen LogP contribution in [0.5, 0.6) is 0 Å². The minimum atomic E-state index is 0.486. The van der Waals surface area contributed by atoms with Crippen molar-refractivity contribution >= 4 is 0 Å². The van der Waals surface area contributed by atoms with Crippen LogP contribution in [0, 0.1) is 11.3 Å². The Labute approximate surface area is 120 Å². The third-order valence-electron chi connectivity index (χ3n) is 4.31. The van der Waals surface area contributed by atoms with E-state index in [9.17, 15) is 0 Å². The monoisotopic (exact) mass is 270 g/mol. The van der Waals surface area contributed by atoms with E-state index in [2.05, 4.69) is 45.1 Å². The van der Waals surface area contributed by atoms with E-state index in [1.54, 1.807) is 0 Å². The minimum absolute atomic E-state index is 0.486. The number of nitrogens with one attached hydrogen (secondary N) is 1. The van der Waals surface area contributed by atoms with Gasteiger partial charge >= 0.3 is 0 Å². The molecule has 0 aromatic rings. The molecule has 0 saturated heterocycles. The molecule has 0 spiro atoms. The van der Waals surface area contributed by atoms with Crippen LogP contribution >= 0.6 is 0 Å². The number of ether oxygens (including phenoxy) is 1. The largest absolute Gasteiger partial charge is 0.379 e. The summed E-state index contributed by atoms with van der Waals surface area (Å²) in [4.78, 5) is 2.15. The van der Waals surface area contributed by atoms with Gasteiger partial charge < -0.3 is 15.0 Å². The molecule has 1 N–H and O–H groups in total. The van der Waals surface area contributed by atoms with Gasteiger partial charge in [-0.05, 0) is 51.1 Å². The van der Waals surface area contributed by atoms with Crippen LogP contribution in [0.4, 0.5) is 0 Å². The molecule has 0 radical (unpaired) electrons. The highest BCUT2D eigenvalue weighted by Crippen LogP contribution is 2.37. The molecule has 1 rings (SSSR count). The van der Waals surface area contributed by atoms with E-state index in [1.807, 2.05) is 0 Å². The van der Waals surface area contributed by atoms with Crippen molar-refractivity contribution in [2.24, 2.45) is 11.3 Å². The summed E-state index contributed by atoms with van der Waals surface area (Å²) in [5.74, 6) is 0.905. The first-order valence-corrected chi connectivity index (χ1v) is 7.85. The van der Waals surface area contributed by atoms with Crippen molar-refractivity contribution in [3.63, 3.8) is 0 Å². The summed E-state index contributed by atoms with van der Waals surface area (Å²) in [5.41, 5.74) is 0.486. The molecule has 0 atom stereocenters. The van der Waals surface area contributed by atoms with Gasteiger partial charge in [0.1, 0.15) is 0 Å². The molecular formula is C16H34N2O. The molecule has 0 heterocycles. The Bertz CT molecular complexity index is 227. The van der Waals surface area contributed by atoms with Crippen LogP contribution in [0.25, 0.3) is 0 Å². The van der Waals surface area contributed by atoms with Gasteiger partial charge in [-0.1, -0.05) is 20.8 Å². The number of likely N-dealkylation sites (N-methyl/N-ethyl adjacent to an activating group) is 1. The molecule has 0 aliphatic heterocycles. The predicted molar refractivity (Wildman–Crippen MR) is 82.6 cm³/mol. The first-order chi connectivity index (χ1) is 8.89. The minimum Gasteiger partial charge on any atom is -0.379 e. The van der Waals surface area contributed by atoms with Gasteiger partial charge in [0.05, 0.1) is 13.2 Å². The molecule has 19 heavy (non-hydrogen) atoms. The maximum atomic E-state index is 5.61. The Morgan fingerprint density at radius 1 is 1.05 bits per heavy atom. The maximum absolute atomic E-state index is 5.61. The second-order valence-electron chi connectivity index (χ2n) is 7.28. The van der Waals surface area contributed by atoms with Gasteiger partial charge in [-0.25, -0.2) is 0 Å². The SMILES string of the molecule is CN(C)CCOCCNC1CCC(C(C)(C)C)CC1. The van der Waals surface area contributed by atoms with Crippen LogP contribution in [0.1, 0.15) is 46.5 Å². The maximum Gasteiger partial charge on any atom is 0.0593 e. The lowest BCUT2D eigenvalue weighted by atomic mass is 9.71. The third kappa shape index (κ3) is 7.28. The Hall–Kier alpha value is -0.120. The smallest absolute Gasteiger partial charge is 0.0593 e. The highest BCUT2D eigenvalue weighted by Gasteiger charge is 2.29. The van der Waals surface area contributed by atoms with Crippen molar-refractivity contribution < 1.29 is 4.74 Å². The molecule has 114 valence electrons. The van der Waals surface area contributed by atoms with E-state index in [0.717, 1.165) is 38.3 Å². The molecule has 0 amide bonds. The number of nitrogens with zero attached hydrogens (tertiary/aromatic N) is 1. The second kappa shape index (κ2) is 8.23. The van der Waals surface area contributed by atoms with Crippen LogP contribution < -0.4 is 5.32 Å². The zero-order chi connectivity index (χ0) is 14.3. The van der Waals surface area contributed by atoms with E-state index in [4.69, 9.17) is 4.74 Å². The van der Waals surface area contributed by atoms with Crippen molar-refractivity contribution in [1.82, 2.24) is 10.2 Å². The standard InChI is InChI=1S/C16H34N2O/c1-16(2,3)14-6-8-15(9-7-14)17-10-12-19-13-11-18(4)5/h14-15,17H,6-13H2,1-5H3. The summed E-state index contributed by atoms with van der Waals surface area (Å²) in [6.07, 6.45) is 5.42. The first kappa shape index (κ1) is 16.9. The lowest BCUT2D eigenvalue weighted by Crippen LogP contribution is -2.37. The van der Waals surface area contributed by atoms with Gasteiger partial charge in [-0.3, -0.25) is 0 Å². The lowest BCUT2D eigenvalue weighted by Gasteiger charge is -2.37. The second-order valence-corrected chi connectivity index (χ2v) is 7.28. The number of rotatable bonds is 7. The van der Waals surface area contributed by atoms with E-state index >= 15 is 0 Å². The summed E-state index contributed by atoms with van der Waals surface area (Å²) in [7, 11) is 4.16. The molecule has 1 saturated carbocycles. The van der Waals surface area contributed by atoms with Gasteiger partial charge in [0.25, 0.3) is 0 Å². The Morgan fingerprint density at radius 3 is 2.21 bits per heavy atom. The van der Waals surface area contributed by atoms with E-state index in [0.29, 0.717) is 5.41 Å². The average molecular weight is 270 g/mol. The summed E-state index contributed by atoms with van der Waals surface area (Å²) in [6.45, 7) is 10.8. The van der Waals surface area contributed by atoms with Crippen LogP contribution in [-0.2, 0) is 4.74 Å². The van der Waals surface area contributed by atoms with Crippen LogP contribution in [0.3, 0.4) is 0 Å². The molecule has 1 fully saturated rings. The van der Waals surface area contributed by atoms with E-state index < -0.39 is 0 Å². The van der Waals surface area contributed by atoms with E-state index in [1.165, 1.54) is 25.7 Å². The van der Waals surface area contributed by atoms with Gasteiger partial charge in [0, 0.05) is 19.1 Å². The van der Waals surface area contributed by atoms with Gasteiger partial charge in [0.2, 0.25) is 0 Å². The quantitative estimate of drug-likeness (QED) is 0.720. The van der Waals surface area contributed by atoms with Crippen molar-refractivity contribution in [1.29, 1.82) is 0 Å². The number of hydrogen-bond donors (Lipinski definition) is 1. The van der Waals surface area contributed by atoms with Crippen LogP contribution in [0.2, 0.25) is 0 Å². The summed E-state index contributed by atoms with van der Waals surface area (Å²) in [5, 5.41) is 3.64. The summed E-state index contributed by atoms with van der Waals surface area (Å²) >= 11 is 0.